The van der Waals surface area contributed by atoms with E-state index in [1.54, 1.807) is 13.0 Å². The molecule has 0 spiro atoms. The third-order valence-corrected chi connectivity index (χ3v) is 4.41. The van der Waals surface area contributed by atoms with Gasteiger partial charge in [-0.05, 0) is 18.6 Å². The number of nitrogens with one attached hydrogen (secondary N) is 2. The van der Waals surface area contributed by atoms with E-state index in [2.05, 4.69) is 26.0 Å². The highest BCUT2D eigenvalue weighted by Crippen LogP contribution is 2.25. The Labute approximate surface area is 165 Å². The smallest absolute Gasteiger partial charge is 0.292 e. The lowest BCUT2D eigenvalue weighted by Gasteiger charge is -2.00. The molecule has 0 saturated carbocycles. The van der Waals surface area contributed by atoms with Crippen molar-refractivity contribution in [1.29, 1.82) is 0 Å². The molecule has 0 aliphatic rings. The van der Waals surface area contributed by atoms with Gasteiger partial charge in [0.25, 0.3) is 0 Å². The fourth-order valence-electron chi connectivity index (χ4n) is 2.13. The Morgan fingerprint density at radius 1 is 0.964 bits per heavy atom. The van der Waals surface area contributed by atoms with E-state index in [4.69, 9.17) is 0 Å². The molecule has 2 amide bonds. The summed E-state index contributed by atoms with van der Waals surface area (Å²) in [5, 5.41) is 15.1. The summed E-state index contributed by atoms with van der Waals surface area (Å²) < 4.78 is 0. The molecule has 0 unspecified atom stereocenters. The Morgan fingerprint density at radius 3 is 2.36 bits per heavy atom. The molecule has 0 bridgehead atoms. The summed E-state index contributed by atoms with van der Waals surface area (Å²) in [5.74, 6) is -1.75. The van der Waals surface area contributed by atoms with Gasteiger partial charge in [0.1, 0.15) is 5.01 Å². The number of rotatable bonds is 5. The molecule has 0 radical (unpaired) electrons. The summed E-state index contributed by atoms with van der Waals surface area (Å²) in [6.45, 7) is 1.72. The molecule has 3 aromatic rings. The summed E-state index contributed by atoms with van der Waals surface area (Å²) in [6.07, 6.45) is 3.60. The molecule has 0 fully saturated rings. The van der Waals surface area contributed by atoms with Crippen LogP contribution in [0.2, 0.25) is 0 Å². The minimum Gasteiger partial charge on any atom is -0.292 e. The highest BCUT2D eigenvalue weighted by molar-refractivity contribution is 7.18. The van der Waals surface area contributed by atoms with Gasteiger partial charge in [-0.3, -0.25) is 14.9 Å². The van der Waals surface area contributed by atoms with Crippen LogP contribution >= 0.6 is 11.3 Å². The van der Waals surface area contributed by atoms with Crippen molar-refractivity contribution in [3.63, 3.8) is 0 Å². The van der Waals surface area contributed by atoms with Crippen molar-refractivity contribution in [2.24, 2.45) is 5.10 Å². The molecule has 0 aliphatic heterocycles. The number of allylic oxidation sites excluding steroid dienone is 1. The zero-order valence-corrected chi connectivity index (χ0v) is 15.8. The SMILES string of the molecule is CC(/C=C/c1ccccc1)=N\NC(=O)C(=O)Nc1nnc(-c2ccccc2)s1. The van der Waals surface area contributed by atoms with Crippen LogP contribution in [-0.2, 0) is 9.59 Å². The number of aromatic nitrogens is 2. The van der Waals surface area contributed by atoms with Crippen LogP contribution < -0.4 is 10.7 Å². The molecular weight excluding hydrogens is 374 g/mol. The lowest BCUT2D eigenvalue weighted by molar-refractivity contribution is -0.136. The number of carbonyl (C=O) groups excluding carboxylic acids is 2. The van der Waals surface area contributed by atoms with Crippen molar-refractivity contribution < 1.29 is 9.59 Å². The third kappa shape index (κ3) is 5.42. The van der Waals surface area contributed by atoms with Gasteiger partial charge in [-0.2, -0.15) is 5.10 Å². The van der Waals surface area contributed by atoms with Gasteiger partial charge in [-0.1, -0.05) is 78.1 Å². The first kappa shape index (κ1) is 19.1. The van der Waals surface area contributed by atoms with E-state index in [1.807, 2.05) is 66.7 Å². The van der Waals surface area contributed by atoms with Crippen molar-refractivity contribution in [1.82, 2.24) is 15.6 Å². The first-order valence-electron chi connectivity index (χ1n) is 8.39. The largest absolute Gasteiger partial charge is 0.329 e. The van der Waals surface area contributed by atoms with E-state index in [0.29, 0.717) is 10.7 Å². The van der Waals surface area contributed by atoms with Gasteiger partial charge in [-0.25, -0.2) is 5.43 Å². The van der Waals surface area contributed by atoms with E-state index in [1.165, 1.54) is 11.3 Å². The van der Waals surface area contributed by atoms with Crippen molar-refractivity contribution in [3.8, 4) is 10.6 Å². The lowest BCUT2D eigenvalue weighted by atomic mass is 10.2. The molecule has 0 aliphatic carbocycles. The minimum absolute atomic E-state index is 0.240. The fourth-order valence-corrected chi connectivity index (χ4v) is 2.88. The van der Waals surface area contributed by atoms with Gasteiger partial charge < -0.3 is 0 Å². The highest BCUT2D eigenvalue weighted by Gasteiger charge is 2.16. The second kappa shape index (κ2) is 9.33. The molecule has 0 saturated heterocycles. The number of hydrogen-bond acceptors (Lipinski definition) is 6. The van der Waals surface area contributed by atoms with Crippen LogP contribution in [-0.4, -0.2) is 27.7 Å². The Kier molecular flexibility index (Phi) is 6.37. The molecular formula is C20H17N5O2S. The van der Waals surface area contributed by atoms with Gasteiger partial charge in [0.2, 0.25) is 5.13 Å². The summed E-state index contributed by atoms with van der Waals surface area (Å²) in [5.41, 5.74) is 4.66. The van der Waals surface area contributed by atoms with E-state index >= 15 is 0 Å². The summed E-state index contributed by atoms with van der Waals surface area (Å²) in [6, 6.07) is 19.1. The fraction of sp³-hybridized carbons (Fsp3) is 0.0500. The van der Waals surface area contributed by atoms with E-state index in [0.717, 1.165) is 11.1 Å². The number of hydrazone groups is 1. The maximum absolute atomic E-state index is 12.0. The van der Waals surface area contributed by atoms with Crippen molar-refractivity contribution in [2.45, 2.75) is 6.92 Å². The van der Waals surface area contributed by atoms with Crippen LogP contribution in [0, 0.1) is 0 Å². The second-order valence-electron chi connectivity index (χ2n) is 5.67. The van der Waals surface area contributed by atoms with Crippen molar-refractivity contribution >= 4 is 40.1 Å². The molecule has 3 rings (SSSR count). The molecule has 28 heavy (non-hydrogen) atoms. The zero-order chi connectivity index (χ0) is 19.8. The molecule has 7 nitrogen and oxygen atoms in total. The van der Waals surface area contributed by atoms with Gasteiger partial charge >= 0.3 is 11.8 Å². The summed E-state index contributed by atoms with van der Waals surface area (Å²) in [4.78, 5) is 23.9. The van der Waals surface area contributed by atoms with Crippen LogP contribution in [0.25, 0.3) is 16.6 Å². The van der Waals surface area contributed by atoms with Crippen molar-refractivity contribution in [2.75, 3.05) is 5.32 Å². The monoisotopic (exact) mass is 391 g/mol. The quantitative estimate of drug-likeness (QED) is 0.396. The first-order valence-corrected chi connectivity index (χ1v) is 9.21. The number of amides is 2. The number of hydrogen-bond donors (Lipinski definition) is 2. The number of anilines is 1. The van der Waals surface area contributed by atoms with Crippen LogP contribution in [0.3, 0.4) is 0 Å². The van der Waals surface area contributed by atoms with Crippen LogP contribution in [0.1, 0.15) is 12.5 Å². The predicted octanol–water partition coefficient (Wildman–Crippen LogP) is 3.35. The van der Waals surface area contributed by atoms with Gasteiger partial charge in [-0.15, -0.1) is 10.2 Å². The Morgan fingerprint density at radius 2 is 1.64 bits per heavy atom. The third-order valence-electron chi connectivity index (χ3n) is 3.52. The highest BCUT2D eigenvalue weighted by atomic mass is 32.1. The van der Waals surface area contributed by atoms with Gasteiger partial charge in [0.05, 0.1) is 5.71 Å². The van der Waals surface area contributed by atoms with E-state index in [-0.39, 0.29) is 5.13 Å². The molecule has 1 aromatic heterocycles. The standard InChI is InChI=1S/C20H17N5O2S/c1-14(12-13-15-8-4-2-5-9-15)22-23-18(27)17(26)21-20-25-24-19(28-20)16-10-6-3-7-11-16/h2-13H,1H3,(H,23,27)(H,21,25,26)/b13-12+,22-14+. The number of carbonyl (C=O) groups is 2. The predicted molar refractivity (Wildman–Crippen MR) is 111 cm³/mol. The second-order valence-corrected chi connectivity index (χ2v) is 6.65. The van der Waals surface area contributed by atoms with Crippen LogP contribution in [0.4, 0.5) is 5.13 Å². The minimum atomic E-state index is -0.885. The normalized spacial score (nSPS) is 11.4. The average molecular weight is 391 g/mol. The first-order chi connectivity index (χ1) is 13.6. The summed E-state index contributed by atoms with van der Waals surface area (Å²) in [7, 11) is 0. The Bertz CT molecular complexity index is 1010. The molecule has 140 valence electrons. The van der Waals surface area contributed by atoms with Crippen LogP contribution in [0.5, 0.6) is 0 Å². The maximum atomic E-state index is 12.0. The molecule has 0 atom stereocenters. The molecule has 8 heteroatoms. The number of nitrogens with zero attached hydrogens (tertiary/aromatic N) is 3. The molecule has 2 aromatic carbocycles. The lowest BCUT2D eigenvalue weighted by Crippen LogP contribution is -2.32. The Hall–Kier alpha value is -3.65. The number of benzene rings is 2. The zero-order valence-electron chi connectivity index (χ0n) is 15.0. The maximum Gasteiger partial charge on any atom is 0.329 e. The van der Waals surface area contributed by atoms with E-state index in [9.17, 15) is 9.59 Å². The van der Waals surface area contributed by atoms with Gasteiger partial charge in [0, 0.05) is 5.56 Å². The molecule has 1 heterocycles. The molecule has 2 N–H and O–H groups in total. The topological polar surface area (TPSA) is 96.3 Å². The summed E-state index contributed by atoms with van der Waals surface area (Å²) >= 11 is 1.18. The average Bonchev–Trinajstić information content (AvgIpc) is 3.20. The van der Waals surface area contributed by atoms with Crippen LogP contribution in [0.15, 0.2) is 71.8 Å². The Balaban J connectivity index is 1.54. The van der Waals surface area contributed by atoms with Gasteiger partial charge in [0.15, 0.2) is 0 Å². The van der Waals surface area contributed by atoms with E-state index < -0.39 is 11.8 Å². The van der Waals surface area contributed by atoms with Crippen molar-refractivity contribution in [3.05, 3.63) is 72.3 Å².